The molecule has 0 radical (unpaired) electrons. The van der Waals surface area contributed by atoms with Crippen molar-refractivity contribution in [3.05, 3.63) is 46.3 Å². The van der Waals surface area contributed by atoms with Crippen LogP contribution in [0.3, 0.4) is 0 Å². The number of furan rings is 2. The molecule has 1 atom stereocenters. The smallest absolute Gasteiger partial charge is 0.255 e. The second-order valence-corrected chi connectivity index (χ2v) is 6.39. The summed E-state index contributed by atoms with van der Waals surface area (Å²) in [6.45, 7) is 8.40. The highest BCUT2D eigenvalue weighted by molar-refractivity contribution is 5.97. The first kappa shape index (κ1) is 18.8. The van der Waals surface area contributed by atoms with Crippen molar-refractivity contribution in [3.8, 4) is 0 Å². The molecule has 0 aliphatic heterocycles. The number of amides is 2. The van der Waals surface area contributed by atoms with E-state index in [0.717, 1.165) is 0 Å². The highest BCUT2D eigenvalue weighted by Gasteiger charge is 2.28. The molecule has 0 aliphatic rings. The van der Waals surface area contributed by atoms with Gasteiger partial charge in [0.1, 0.15) is 28.6 Å². The lowest BCUT2D eigenvalue weighted by Crippen LogP contribution is -2.43. The summed E-state index contributed by atoms with van der Waals surface area (Å²) in [6, 6.07) is 3.37. The molecule has 3 N–H and O–H groups in total. The molecular formula is C18H24N2O5. The fourth-order valence-electron chi connectivity index (χ4n) is 2.71. The SMILES string of the molecule is Cc1cc(C(=O)NCC(=O)NCC(C)(O)c2cc(C)oc2C)c(C)o1. The fraction of sp³-hybridized carbons (Fsp3) is 0.444. The van der Waals surface area contributed by atoms with Gasteiger partial charge in [-0.25, -0.2) is 0 Å². The van der Waals surface area contributed by atoms with Crippen LogP contribution in [-0.4, -0.2) is 30.0 Å². The lowest BCUT2D eigenvalue weighted by molar-refractivity contribution is -0.121. The molecule has 2 aromatic rings. The average Bonchev–Trinajstić information content (AvgIpc) is 3.04. The molecule has 1 unspecified atom stereocenters. The molecule has 0 saturated carbocycles. The number of hydrogen-bond donors (Lipinski definition) is 3. The second kappa shape index (κ2) is 7.14. The molecule has 2 heterocycles. The molecule has 0 aliphatic carbocycles. The molecule has 2 amide bonds. The van der Waals surface area contributed by atoms with Crippen LogP contribution in [0.25, 0.3) is 0 Å². The Kier molecular flexibility index (Phi) is 5.37. The zero-order valence-electron chi connectivity index (χ0n) is 15.1. The predicted molar refractivity (Wildman–Crippen MR) is 91.3 cm³/mol. The Balaban J connectivity index is 1.87. The Labute approximate surface area is 146 Å². The topological polar surface area (TPSA) is 105 Å². The molecule has 7 heteroatoms. The Hall–Kier alpha value is -2.54. The summed E-state index contributed by atoms with van der Waals surface area (Å²) in [5.74, 6) is 1.66. The number of nitrogens with one attached hydrogen (secondary N) is 2. The van der Waals surface area contributed by atoms with Gasteiger partial charge in [0.05, 0.1) is 18.7 Å². The maximum Gasteiger partial charge on any atom is 0.255 e. The van der Waals surface area contributed by atoms with Crippen molar-refractivity contribution in [1.82, 2.24) is 10.6 Å². The van der Waals surface area contributed by atoms with E-state index in [4.69, 9.17) is 8.83 Å². The number of hydrogen-bond acceptors (Lipinski definition) is 5. The van der Waals surface area contributed by atoms with Crippen molar-refractivity contribution in [2.75, 3.05) is 13.1 Å². The van der Waals surface area contributed by atoms with Crippen LogP contribution in [-0.2, 0) is 10.4 Å². The minimum atomic E-state index is -1.26. The van der Waals surface area contributed by atoms with Crippen molar-refractivity contribution in [2.24, 2.45) is 0 Å². The number of aryl methyl sites for hydroxylation is 4. The van der Waals surface area contributed by atoms with Gasteiger partial charge in [-0.05, 0) is 46.8 Å². The molecule has 0 aromatic carbocycles. The number of carbonyl (C=O) groups is 2. The maximum atomic E-state index is 12.0. The van der Waals surface area contributed by atoms with Gasteiger partial charge >= 0.3 is 0 Å². The van der Waals surface area contributed by atoms with Crippen molar-refractivity contribution in [2.45, 2.75) is 40.2 Å². The van der Waals surface area contributed by atoms with Crippen molar-refractivity contribution >= 4 is 11.8 Å². The summed E-state index contributed by atoms with van der Waals surface area (Å²) in [5, 5.41) is 15.7. The Morgan fingerprint density at radius 1 is 1.04 bits per heavy atom. The van der Waals surface area contributed by atoms with Crippen LogP contribution >= 0.6 is 0 Å². The average molecular weight is 348 g/mol. The maximum absolute atomic E-state index is 12.0. The van der Waals surface area contributed by atoms with E-state index in [1.54, 1.807) is 46.8 Å². The third kappa shape index (κ3) is 4.51. The molecule has 0 saturated heterocycles. The number of carbonyl (C=O) groups excluding carboxylic acids is 2. The van der Waals surface area contributed by atoms with Gasteiger partial charge < -0.3 is 24.6 Å². The van der Waals surface area contributed by atoms with Crippen LogP contribution < -0.4 is 10.6 Å². The molecule has 0 spiro atoms. The van der Waals surface area contributed by atoms with Gasteiger partial charge in [0, 0.05) is 5.56 Å². The zero-order valence-corrected chi connectivity index (χ0v) is 15.1. The largest absolute Gasteiger partial charge is 0.466 e. The molecule has 2 aromatic heterocycles. The van der Waals surface area contributed by atoms with Crippen LogP contribution in [0.15, 0.2) is 21.0 Å². The third-order valence-electron chi connectivity index (χ3n) is 3.95. The first-order valence-electron chi connectivity index (χ1n) is 8.02. The Bertz CT molecular complexity index is 785. The first-order chi connectivity index (χ1) is 11.6. The first-order valence-corrected chi connectivity index (χ1v) is 8.02. The van der Waals surface area contributed by atoms with Crippen LogP contribution in [0.1, 0.15) is 45.9 Å². The monoisotopic (exact) mass is 348 g/mol. The van der Waals surface area contributed by atoms with E-state index in [1.165, 1.54) is 0 Å². The third-order valence-corrected chi connectivity index (χ3v) is 3.95. The van der Waals surface area contributed by atoms with E-state index < -0.39 is 11.5 Å². The summed E-state index contributed by atoms with van der Waals surface area (Å²) in [5.41, 5.74) is -0.236. The van der Waals surface area contributed by atoms with Crippen LogP contribution in [0.2, 0.25) is 0 Å². The van der Waals surface area contributed by atoms with Gasteiger partial charge in [-0.15, -0.1) is 0 Å². The molecule has 7 nitrogen and oxygen atoms in total. The van der Waals surface area contributed by atoms with E-state index >= 15 is 0 Å². The lowest BCUT2D eigenvalue weighted by atomic mass is 9.96. The van der Waals surface area contributed by atoms with Gasteiger partial charge in [0.25, 0.3) is 5.91 Å². The summed E-state index contributed by atoms with van der Waals surface area (Å²) < 4.78 is 10.7. The van der Waals surface area contributed by atoms with Crippen molar-refractivity contribution in [1.29, 1.82) is 0 Å². The van der Waals surface area contributed by atoms with Gasteiger partial charge in [-0.2, -0.15) is 0 Å². The van der Waals surface area contributed by atoms with E-state index in [0.29, 0.717) is 34.2 Å². The van der Waals surface area contributed by atoms with Gasteiger partial charge in [0.2, 0.25) is 5.91 Å². The van der Waals surface area contributed by atoms with Crippen LogP contribution in [0.5, 0.6) is 0 Å². The zero-order chi connectivity index (χ0) is 18.8. The minimum absolute atomic E-state index is 0.00532. The van der Waals surface area contributed by atoms with E-state index in [9.17, 15) is 14.7 Å². The second-order valence-electron chi connectivity index (χ2n) is 6.39. The fourth-order valence-corrected chi connectivity index (χ4v) is 2.71. The van der Waals surface area contributed by atoms with Gasteiger partial charge in [-0.1, -0.05) is 0 Å². The van der Waals surface area contributed by atoms with Gasteiger partial charge in [-0.3, -0.25) is 9.59 Å². The normalized spacial score (nSPS) is 13.4. The van der Waals surface area contributed by atoms with Crippen LogP contribution in [0.4, 0.5) is 0 Å². The van der Waals surface area contributed by atoms with Gasteiger partial charge in [0.15, 0.2) is 0 Å². The van der Waals surface area contributed by atoms with Crippen molar-refractivity contribution in [3.63, 3.8) is 0 Å². The van der Waals surface area contributed by atoms with Crippen LogP contribution in [0, 0.1) is 27.7 Å². The predicted octanol–water partition coefficient (Wildman–Crippen LogP) is 1.86. The highest BCUT2D eigenvalue weighted by Crippen LogP contribution is 2.26. The number of rotatable bonds is 6. The Morgan fingerprint density at radius 2 is 1.64 bits per heavy atom. The van der Waals surface area contributed by atoms with E-state index in [1.807, 2.05) is 0 Å². The summed E-state index contributed by atoms with van der Waals surface area (Å²) >= 11 is 0. The minimum Gasteiger partial charge on any atom is -0.466 e. The molecule has 25 heavy (non-hydrogen) atoms. The lowest BCUT2D eigenvalue weighted by Gasteiger charge is -2.23. The molecule has 2 rings (SSSR count). The summed E-state index contributed by atoms with van der Waals surface area (Å²) in [7, 11) is 0. The molecule has 0 fully saturated rings. The molecular weight excluding hydrogens is 324 g/mol. The Morgan fingerprint density at radius 3 is 2.16 bits per heavy atom. The number of aliphatic hydroxyl groups is 1. The van der Waals surface area contributed by atoms with E-state index in [2.05, 4.69) is 10.6 Å². The standard InChI is InChI=1S/C18H24N2O5/c1-10-6-14(12(3)24-10)17(22)19-8-16(21)20-9-18(5,23)15-7-11(2)25-13(15)4/h6-7,23H,8-9H2,1-5H3,(H,19,22)(H,20,21). The summed E-state index contributed by atoms with van der Waals surface area (Å²) in [4.78, 5) is 24.0. The summed E-state index contributed by atoms with van der Waals surface area (Å²) in [6.07, 6.45) is 0. The van der Waals surface area contributed by atoms with Crippen molar-refractivity contribution < 1.29 is 23.5 Å². The van der Waals surface area contributed by atoms with E-state index in [-0.39, 0.29) is 19.0 Å². The molecule has 136 valence electrons. The quantitative estimate of drug-likeness (QED) is 0.739. The molecule has 0 bridgehead atoms. The highest BCUT2D eigenvalue weighted by atomic mass is 16.3.